The second-order valence-corrected chi connectivity index (χ2v) is 9.20. The molecule has 0 radical (unpaired) electrons. The van der Waals surface area contributed by atoms with Crippen LogP contribution in [0.4, 0.5) is 0 Å². The summed E-state index contributed by atoms with van der Waals surface area (Å²) in [4.78, 5) is 21.4. The molecule has 1 saturated heterocycles. The lowest BCUT2D eigenvalue weighted by Gasteiger charge is -2.33. The van der Waals surface area contributed by atoms with E-state index in [0.29, 0.717) is 23.9 Å². The Kier molecular flexibility index (Phi) is 8.18. The molecule has 1 aromatic heterocycles. The third-order valence-electron chi connectivity index (χ3n) is 5.44. The van der Waals surface area contributed by atoms with Crippen LogP contribution in [0.15, 0.2) is 28.7 Å². The van der Waals surface area contributed by atoms with Gasteiger partial charge in [-0.2, -0.15) is 0 Å². The van der Waals surface area contributed by atoms with Gasteiger partial charge in [0.15, 0.2) is 0 Å². The number of likely N-dealkylation sites (N-methyl/N-ethyl adjacent to an activating group) is 1. The largest absolute Gasteiger partial charge is 0.441 e. The molecule has 1 aliphatic heterocycles. The minimum absolute atomic E-state index is 0.0181. The Morgan fingerprint density at radius 3 is 2.47 bits per heavy atom. The van der Waals surface area contributed by atoms with Crippen molar-refractivity contribution in [1.82, 2.24) is 20.1 Å². The first kappa shape index (κ1) is 22.7. The Balaban J connectivity index is 1.42. The van der Waals surface area contributed by atoms with Gasteiger partial charge in [0.05, 0.1) is 11.4 Å². The third kappa shape index (κ3) is 6.48. The lowest BCUT2D eigenvalue weighted by molar-refractivity contribution is -0.118. The number of oxazole rings is 1. The van der Waals surface area contributed by atoms with Gasteiger partial charge in [-0.25, -0.2) is 4.98 Å². The maximum Gasteiger partial charge on any atom is 0.232 e. The fourth-order valence-corrected chi connectivity index (χ4v) is 4.53. The second-order valence-electron chi connectivity index (χ2n) is 7.74. The van der Waals surface area contributed by atoms with Crippen molar-refractivity contribution in [3.8, 4) is 11.5 Å². The number of rotatable bonds is 9. The molecule has 0 saturated carbocycles. The molecule has 1 aromatic carbocycles. The first-order valence-electron chi connectivity index (χ1n) is 10.5. The molecule has 1 amide bonds. The SMILES string of the molecule is CCN1CCN(CCNC(=O)C[S@](=O)Cc2nc(-c3ccc(C)cc3)oc2C)CC1. The minimum Gasteiger partial charge on any atom is -0.441 e. The van der Waals surface area contributed by atoms with E-state index in [1.807, 2.05) is 38.1 Å². The maximum atomic E-state index is 12.5. The molecule has 1 N–H and O–H groups in total. The van der Waals surface area contributed by atoms with Crippen LogP contribution < -0.4 is 5.32 Å². The molecule has 0 unspecified atom stereocenters. The first-order chi connectivity index (χ1) is 14.4. The number of piperazine rings is 1. The Morgan fingerprint density at radius 2 is 1.80 bits per heavy atom. The number of benzene rings is 1. The fourth-order valence-electron chi connectivity index (χ4n) is 3.46. The summed E-state index contributed by atoms with van der Waals surface area (Å²) in [5, 5.41) is 2.89. The average Bonchev–Trinajstić information content (AvgIpc) is 3.09. The van der Waals surface area contributed by atoms with Gasteiger partial charge in [0.2, 0.25) is 11.8 Å². The summed E-state index contributed by atoms with van der Waals surface area (Å²) < 4.78 is 18.2. The van der Waals surface area contributed by atoms with Crippen LogP contribution in [0, 0.1) is 13.8 Å². The van der Waals surface area contributed by atoms with Gasteiger partial charge < -0.3 is 14.6 Å². The molecule has 7 nitrogen and oxygen atoms in total. The van der Waals surface area contributed by atoms with E-state index in [-0.39, 0.29) is 17.4 Å². The van der Waals surface area contributed by atoms with E-state index in [0.717, 1.165) is 50.4 Å². The molecule has 2 heterocycles. The van der Waals surface area contributed by atoms with E-state index in [2.05, 4.69) is 27.0 Å². The lowest BCUT2D eigenvalue weighted by Crippen LogP contribution is -2.48. The van der Waals surface area contributed by atoms with Crippen LogP contribution >= 0.6 is 0 Å². The van der Waals surface area contributed by atoms with Crippen molar-refractivity contribution in [3.05, 3.63) is 41.3 Å². The summed E-state index contributed by atoms with van der Waals surface area (Å²) >= 11 is 0. The maximum absolute atomic E-state index is 12.5. The summed E-state index contributed by atoms with van der Waals surface area (Å²) in [6, 6.07) is 7.91. The van der Waals surface area contributed by atoms with E-state index >= 15 is 0 Å². The van der Waals surface area contributed by atoms with Crippen molar-refractivity contribution in [2.24, 2.45) is 0 Å². The van der Waals surface area contributed by atoms with Gasteiger partial charge in [-0.05, 0) is 32.5 Å². The van der Waals surface area contributed by atoms with Gasteiger partial charge in [-0.1, -0.05) is 24.6 Å². The second kappa shape index (κ2) is 10.8. The quantitative estimate of drug-likeness (QED) is 0.653. The van der Waals surface area contributed by atoms with Crippen LogP contribution in [0.1, 0.15) is 23.9 Å². The standard InChI is InChI=1S/C22H32N4O3S/c1-4-25-11-13-26(14-12-25)10-9-23-21(27)16-30(28)15-20-18(3)29-22(24-20)19-7-5-17(2)6-8-19/h5-8H,4,9-16H2,1-3H3,(H,23,27)/t30-/m1/s1. The lowest BCUT2D eigenvalue weighted by atomic mass is 10.1. The Hall–Kier alpha value is -2.03. The number of hydrogen-bond acceptors (Lipinski definition) is 6. The van der Waals surface area contributed by atoms with Crippen molar-refractivity contribution in [3.63, 3.8) is 0 Å². The number of hydrogen-bond donors (Lipinski definition) is 1. The van der Waals surface area contributed by atoms with E-state index in [1.54, 1.807) is 0 Å². The smallest absolute Gasteiger partial charge is 0.232 e. The molecule has 2 aromatic rings. The zero-order chi connectivity index (χ0) is 21.5. The fraction of sp³-hybridized carbons (Fsp3) is 0.545. The number of aromatic nitrogens is 1. The van der Waals surface area contributed by atoms with Gasteiger partial charge in [0, 0.05) is 55.6 Å². The molecule has 0 bridgehead atoms. The Labute approximate surface area is 181 Å². The molecule has 0 aliphatic carbocycles. The molecule has 164 valence electrons. The molecule has 1 aliphatic rings. The number of carbonyl (C=O) groups is 1. The molecular formula is C22H32N4O3S. The highest BCUT2D eigenvalue weighted by Gasteiger charge is 2.17. The molecule has 3 rings (SSSR count). The van der Waals surface area contributed by atoms with Crippen LogP contribution in [0.25, 0.3) is 11.5 Å². The van der Waals surface area contributed by atoms with E-state index in [4.69, 9.17) is 4.42 Å². The van der Waals surface area contributed by atoms with Crippen molar-refractivity contribution in [2.45, 2.75) is 26.5 Å². The molecule has 8 heteroatoms. The number of carbonyl (C=O) groups excluding carboxylic acids is 1. The molecule has 1 atom stereocenters. The minimum atomic E-state index is -1.33. The Morgan fingerprint density at radius 1 is 1.13 bits per heavy atom. The molecule has 0 spiro atoms. The number of nitrogens with zero attached hydrogens (tertiary/aromatic N) is 3. The number of aryl methyl sites for hydroxylation is 2. The van der Waals surface area contributed by atoms with Crippen LogP contribution in [-0.2, 0) is 21.3 Å². The monoisotopic (exact) mass is 432 g/mol. The van der Waals surface area contributed by atoms with Gasteiger partial charge >= 0.3 is 0 Å². The van der Waals surface area contributed by atoms with Gasteiger partial charge in [0.25, 0.3) is 0 Å². The third-order valence-corrected chi connectivity index (χ3v) is 6.62. The highest BCUT2D eigenvalue weighted by atomic mass is 32.2. The normalized spacial score (nSPS) is 16.5. The summed E-state index contributed by atoms with van der Waals surface area (Å²) in [6.45, 7) is 12.8. The summed E-state index contributed by atoms with van der Waals surface area (Å²) in [5.41, 5.74) is 2.70. The van der Waals surface area contributed by atoms with Gasteiger partial charge in [-0.15, -0.1) is 0 Å². The van der Waals surface area contributed by atoms with E-state index in [9.17, 15) is 9.00 Å². The van der Waals surface area contributed by atoms with E-state index < -0.39 is 10.8 Å². The van der Waals surface area contributed by atoms with Crippen molar-refractivity contribution >= 4 is 16.7 Å². The topological polar surface area (TPSA) is 78.7 Å². The zero-order valence-corrected chi connectivity index (χ0v) is 19.0. The summed E-state index contributed by atoms with van der Waals surface area (Å²) in [7, 11) is -1.33. The number of nitrogens with one attached hydrogen (secondary N) is 1. The van der Waals surface area contributed by atoms with Gasteiger partial charge in [-0.3, -0.25) is 13.9 Å². The molecular weight excluding hydrogens is 400 g/mol. The molecule has 30 heavy (non-hydrogen) atoms. The molecule has 1 fully saturated rings. The predicted molar refractivity (Wildman–Crippen MR) is 120 cm³/mol. The van der Waals surface area contributed by atoms with Crippen LogP contribution in [0.5, 0.6) is 0 Å². The van der Waals surface area contributed by atoms with Crippen molar-refractivity contribution in [1.29, 1.82) is 0 Å². The van der Waals surface area contributed by atoms with Crippen LogP contribution in [0.2, 0.25) is 0 Å². The zero-order valence-electron chi connectivity index (χ0n) is 18.1. The van der Waals surface area contributed by atoms with Crippen molar-refractivity contribution in [2.75, 3.05) is 51.6 Å². The van der Waals surface area contributed by atoms with Crippen LogP contribution in [0.3, 0.4) is 0 Å². The highest BCUT2D eigenvalue weighted by molar-refractivity contribution is 7.84. The highest BCUT2D eigenvalue weighted by Crippen LogP contribution is 2.22. The average molecular weight is 433 g/mol. The van der Waals surface area contributed by atoms with Gasteiger partial charge in [0.1, 0.15) is 11.5 Å². The number of amides is 1. The van der Waals surface area contributed by atoms with E-state index in [1.165, 1.54) is 0 Å². The predicted octanol–water partition coefficient (Wildman–Crippen LogP) is 1.96. The first-order valence-corrected chi connectivity index (χ1v) is 12.0. The summed E-state index contributed by atoms with van der Waals surface area (Å²) in [6.07, 6.45) is 0. The summed E-state index contributed by atoms with van der Waals surface area (Å²) in [5.74, 6) is 1.18. The van der Waals surface area contributed by atoms with Crippen molar-refractivity contribution < 1.29 is 13.4 Å². The Bertz CT molecular complexity index is 858. The van der Waals surface area contributed by atoms with Crippen LogP contribution in [-0.4, -0.2) is 76.5 Å².